The first-order chi connectivity index (χ1) is 10.8. The zero-order valence-electron chi connectivity index (χ0n) is 12.6. The summed E-state index contributed by atoms with van der Waals surface area (Å²) in [7, 11) is 0. The molecule has 1 aliphatic rings. The molecule has 4 nitrogen and oxygen atoms in total. The monoisotopic (exact) mass is 313 g/mol. The van der Waals surface area contributed by atoms with Crippen molar-refractivity contribution in [1.29, 1.82) is 0 Å². The summed E-state index contributed by atoms with van der Waals surface area (Å²) in [4.78, 5) is 6.02. The number of rotatable bonds is 4. The minimum atomic E-state index is 0.312. The molecule has 1 unspecified atom stereocenters. The Hall–Kier alpha value is -1.85. The fraction of sp³-hybridized carbons (Fsp3) is 0.353. The number of aryl methyl sites for hydroxylation is 1. The van der Waals surface area contributed by atoms with E-state index >= 15 is 0 Å². The molecule has 0 aromatic carbocycles. The van der Waals surface area contributed by atoms with Crippen LogP contribution in [-0.2, 0) is 4.74 Å². The molecule has 1 saturated heterocycles. The molecule has 0 spiro atoms. The van der Waals surface area contributed by atoms with Gasteiger partial charge in [-0.05, 0) is 48.9 Å². The topological polar surface area (TPSA) is 38.6 Å². The number of pyridine rings is 1. The third-order valence-electron chi connectivity index (χ3n) is 4.06. The Bertz CT molecular complexity index is 773. The van der Waals surface area contributed by atoms with Crippen molar-refractivity contribution in [1.82, 2.24) is 9.38 Å². The van der Waals surface area contributed by atoms with Gasteiger partial charge in [-0.15, -0.1) is 11.3 Å². The molecule has 1 aliphatic heterocycles. The summed E-state index contributed by atoms with van der Waals surface area (Å²) >= 11 is 1.72. The van der Waals surface area contributed by atoms with E-state index in [1.54, 1.807) is 11.3 Å². The van der Waals surface area contributed by atoms with Gasteiger partial charge in [0.05, 0.1) is 11.0 Å². The van der Waals surface area contributed by atoms with Gasteiger partial charge in [-0.1, -0.05) is 6.07 Å². The quantitative estimate of drug-likeness (QED) is 0.792. The second-order valence-electron chi connectivity index (χ2n) is 5.73. The van der Waals surface area contributed by atoms with E-state index in [0.717, 1.165) is 43.2 Å². The van der Waals surface area contributed by atoms with Crippen LogP contribution in [0.3, 0.4) is 0 Å². The van der Waals surface area contributed by atoms with Crippen molar-refractivity contribution >= 4 is 22.8 Å². The molecule has 22 heavy (non-hydrogen) atoms. The van der Waals surface area contributed by atoms with Crippen molar-refractivity contribution in [2.24, 2.45) is 0 Å². The summed E-state index contributed by atoms with van der Waals surface area (Å²) in [6.45, 7) is 3.81. The van der Waals surface area contributed by atoms with E-state index in [1.807, 2.05) is 0 Å². The Morgan fingerprint density at radius 2 is 2.41 bits per heavy atom. The van der Waals surface area contributed by atoms with Gasteiger partial charge in [-0.3, -0.25) is 4.40 Å². The van der Waals surface area contributed by atoms with Gasteiger partial charge < -0.3 is 10.1 Å². The summed E-state index contributed by atoms with van der Waals surface area (Å²) < 4.78 is 7.86. The number of fused-ring (bicyclic) bond motifs is 1. The summed E-state index contributed by atoms with van der Waals surface area (Å²) in [5, 5.41) is 5.66. The van der Waals surface area contributed by atoms with Crippen LogP contribution in [0.15, 0.2) is 35.8 Å². The molecule has 0 saturated carbocycles. The lowest BCUT2D eigenvalue weighted by atomic mass is 10.2. The smallest absolute Gasteiger partial charge is 0.139 e. The number of nitrogens with one attached hydrogen (secondary N) is 1. The third kappa shape index (κ3) is 2.51. The first-order valence-corrected chi connectivity index (χ1v) is 8.57. The van der Waals surface area contributed by atoms with Crippen LogP contribution in [0, 0.1) is 6.92 Å². The second kappa shape index (κ2) is 5.74. The van der Waals surface area contributed by atoms with Crippen LogP contribution < -0.4 is 5.32 Å². The maximum atomic E-state index is 5.72. The molecule has 1 fully saturated rings. The van der Waals surface area contributed by atoms with Gasteiger partial charge in [0.25, 0.3) is 0 Å². The maximum Gasteiger partial charge on any atom is 0.139 e. The normalized spacial score (nSPS) is 18.1. The third-order valence-corrected chi connectivity index (χ3v) is 4.93. The molecule has 5 heteroatoms. The zero-order chi connectivity index (χ0) is 14.9. The van der Waals surface area contributed by atoms with Crippen LogP contribution in [-0.4, -0.2) is 28.6 Å². The van der Waals surface area contributed by atoms with E-state index < -0.39 is 0 Å². The van der Waals surface area contributed by atoms with Crippen LogP contribution in [0.4, 0.5) is 5.82 Å². The molecule has 0 amide bonds. The maximum absolute atomic E-state index is 5.72. The van der Waals surface area contributed by atoms with E-state index in [2.05, 4.69) is 52.5 Å². The second-order valence-corrected chi connectivity index (χ2v) is 6.68. The predicted molar refractivity (Wildman–Crippen MR) is 90.7 cm³/mol. The standard InChI is InChI=1S/C17H19N3OS/c1-12-6-7-20-15(10-12)19-16(14-5-3-9-22-14)17(20)18-11-13-4-2-8-21-13/h3,5-7,9-10,13,18H,2,4,8,11H2,1H3. The van der Waals surface area contributed by atoms with Crippen molar-refractivity contribution in [3.05, 3.63) is 41.4 Å². The number of hydrogen-bond acceptors (Lipinski definition) is 4. The molecule has 1 atom stereocenters. The van der Waals surface area contributed by atoms with Gasteiger partial charge in [0.1, 0.15) is 17.2 Å². The summed E-state index contributed by atoms with van der Waals surface area (Å²) in [5.41, 5.74) is 3.23. The molecule has 4 rings (SSSR count). The van der Waals surface area contributed by atoms with Crippen LogP contribution >= 0.6 is 11.3 Å². The fourth-order valence-electron chi connectivity index (χ4n) is 2.92. The number of imidazole rings is 1. The number of ether oxygens (including phenoxy) is 1. The molecule has 0 aliphatic carbocycles. The molecule has 3 aromatic heterocycles. The van der Waals surface area contributed by atoms with E-state index in [-0.39, 0.29) is 0 Å². The highest BCUT2D eigenvalue weighted by molar-refractivity contribution is 7.13. The van der Waals surface area contributed by atoms with E-state index in [9.17, 15) is 0 Å². The van der Waals surface area contributed by atoms with Gasteiger partial charge in [0.15, 0.2) is 0 Å². The number of thiophene rings is 1. The molecule has 3 aromatic rings. The average molecular weight is 313 g/mol. The molecular weight excluding hydrogens is 294 g/mol. The lowest BCUT2D eigenvalue weighted by Gasteiger charge is -2.12. The predicted octanol–water partition coefficient (Wildman–Crippen LogP) is 3.96. The molecular formula is C17H19N3OS. The Morgan fingerprint density at radius 3 is 3.18 bits per heavy atom. The van der Waals surface area contributed by atoms with Crippen LogP contribution in [0.2, 0.25) is 0 Å². The number of anilines is 1. The minimum Gasteiger partial charge on any atom is -0.376 e. The molecule has 0 bridgehead atoms. The van der Waals surface area contributed by atoms with Gasteiger partial charge in [-0.25, -0.2) is 4.98 Å². The first kappa shape index (κ1) is 13.8. The summed E-state index contributed by atoms with van der Waals surface area (Å²) in [6, 6.07) is 8.42. The lowest BCUT2D eigenvalue weighted by Crippen LogP contribution is -2.19. The number of hydrogen-bond donors (Lipinski definition) is 1. The largest absolute Gasteiger partial charge is 0.376 e. The zero-order valence-corrected chi connectivity index (χ0v) is 13.4. The summed E-state index contributed by atoms with van der Waals surface area (Å²) in [5.74, 6) is 1.06. The number of aromatic nitrogens is 2. The molecule has 1 N–H and O–H groups in total. The van der Waals surface area contributed by atoms with Crippen molar-refractivity contribution in [2.75, 3.05) is 18.5 Å². The minimum absolute atomic E-state index is 0.312. The SMILES string of the molecule is Cc1ccn2c(NCC3CCCO3)c(-c3cccs3)nc2c1. The first-order valence-electron chi connectivity index (χ1n) is 7.69. The Balaban J connectivity index is 1.74. The van der Waals surface area contributed by atoms with Gasteiger partial charge in [0.2, 0.25) is 0 Å². The Morgan fingerprint density at radius 1 is 1.45 bits per heavy atom. The average Bonchev–Trinajstić information content (AvgIpc) is 3.25. The van der Waals surface area contributed by atoms with Gasteiger partial charge in [-0.2, -0.15) is 0 Å². The van der Waals surface area contributed by atoms with Crippen molar-refractivity contribution in [3.63, 3.8) is 0 Å². The molecule has 4 heterocycles. The van der Waals surface area contributed by atoms with Crippen molar-refractivity contribution < 1.29 is 4.74 Å². The van der Waals surface area contributed by atoms with E-state index in [0.29, 0.717) is 6.10 Å². The number of nitrogens with zero attached hydrogens (tertiary/aromatic N) is 2. The van der Waals surface area contributed by atoms with E-state index in [1.165, 1.54) is 10.4 Å². The lowest BCUT2D eigenvalue weighted by molar-refractivity contribution is 0.120. The molecule has 0 radical (unpaired) electrons. The van der Waals surface area contributed by atoms with Crippen molar-refractivity contribution in [3.8, 4) is 10.6 Å². The molecule has 114 valence electrons. The highest BCUT2D eigenvalue weighted by atomic mass is 32.1. The van der Waals surface area contributed by atoms with Crippen LogP contribution in [0.25, 0.3) is 16.2 Å². The van der Waals surface area contributed by atoms with Gasteiger partial charge in [0, 0.05) is 19.3 Å². The van der Waals surface area contributed by atoms with Crippen molar-refractivity contribution in [2.45, 2.75) is 25.9 Å². The van der Waals surface area contributed by atoms with Gasteiger partial charge >= 0.3 is 0 Å². The highest BCUT2D eigenvalue weighted by Gasteiger charge is 2.19. The Labute approximate surface area is 133 Å². The fourth-order valence-corrected chi connectivity index (χ4v) is 3.63. The highest BCUT2D eigenvalue weighted by Crippen LogP contribution is 2.32. The Kier molecular flexibility index (Phi) is 3.60. The van der Waals surface area contributed by atoms with Crippen LogP contribution in [0.1, 0.15) is 18.4 Å². The summed E-state index contributed by atoms with van der Waals surface area (Å²) in [6.07, 6.45) is 4.70. The van der Waals surface area contributed by atoms with E-state index in [4.69, 9.17) is 9.72 Å². The van der Waals surface area contributed by atoms with Crippen LogP contribution in [0.5, 0.6) is 0 Å².